The van der Waals surface area contributed by atoms with Gasteiger partial charge in [0, 0.05) is 23.0 Å². The molecule has 0 aliphatic heterocycles. The minimum atomic E-state index is 0.137. The van der Waals surface area contributed by atoms with Crippen LogP contribution in [0.15, 0.2) is 34.9 Å². The first-order chi connectivity index (χ1) is 7.06. The number of furan rings is 1. The van der Waals surface area contributed by atoms with Crippen LogP contribution in [0.4, 0.5) is 0 Å². The highest BCUT2D eigenvalue weighted by Crippen LogP contribution is 2.20. The van der Waals surface area contributed by atoms with Crippen LogP contribution in [0.1, 0.15) is 26.3 Å². The Morgan fingerprint density at radius 1 is 1.20 bits per heavy atom. The highest BCUT2D eigenvalue weighted by Gasteiger charge is 2.11. The van der Waals surface area contributed by atoms with Crippen molar-refractivity contribution in [2.45, 2.75) is 32.9 Å². The Hall–Kier alpha value is -1.28. The molecule has 1 aromatic heterocycles. The van der Waals surface area contributed by atoms with Gasteiger partial charge in [0.05, 0.1) is 6.26 Å². The average molecular weight is 203 g/mol. The summed E-state index contributed by atoms with van der Waals surface area (Å²) in [5.41, 5.74) is 2.32. The summed E-state index contributed by atoms with van der Waals surface area (Å²) in [7, 11) is 0. The molecule has 80 valence electrons. The third-order valence-corrected chi connectivity index (χ3v) is 2.37. The fourth-order valence-corrected chi connectivity index (χ4v) is 1.53. The van der Waals surface area contributed by atoms with Crippen molar-refractivity contribution in [3.63, 3.8) is 0 Å². The second-order valence-corrected chi connectivity index (χ2v) is 4.86. The molecule has 0 unspecified atom stereocenters. The van der Waals surface area contributed by atoms with E-state index in [1.165, 1.54) is 10.9 Å². The van der Waals surface area contributed by atoms with Crippen molar-refractivity contribution >= 4 is 11.0 Å². The number of para-hydroxylation sites is 1. The third kappa shape index (κ3) is 2.39. The molecule has 1 heterocycles. The molecular formula is C13H17NO. The molecule has 0 amide bonds. The maximum absolute atomic E-state index is 5.47. The summed E-state index contributed by atoms with van der Waals surface area (Å²) < 4.78 is 5.47. The summed E-state index contributed by atoms with van der Waals surface area (Å²) in [5.74, 6) is 0. The van der Waals surface area contributed by atoms with Gasteiger partial charge in [-0.25, -0.2) is 0 Å². The van der Waals surface area contributed by atoms with E-state index < -0.39 is 0 Å². The van der Waals surface area contributed by atoms with Gasteiger partial charge in [0.2, 0.25) is 0 Å². The van der Waals surface area contributed by atoms with E-state index in [0.29, 0.717) is 0 Å². The maximum atomic E-state index is 5.47. The molecule has 1 N–H and O–H groups in total. The minimum absolute atomic E-state index is 0.137. The number of fused-ring (bicyclic) bond motifs is 1. The molecule has 2 heteroatoms. The Balaban J connectivity index is 2.22. The summed E-state index contributed by atoms with van der Waals surface area (Å²) in [6, 6.07) is 8.12. The quantitative estimate of drug-likeness (QED) is 0.810. The topological polar surface area (TPSA) is 25.2 Å². The van der Waals surface area contributed by atoms with Crippen LogP contribution in [-0.4, -0.2) is 5.54 Å². The Morgan fingerprint density at radius 2 is 1.93 bits per heavy atom. The average Bonchev–Trinajstić information content (AvgIpc) is 2.57. The first-order valence-electron chi connectivity index (χ1n) is 5.26. The van der Waals surface area contributed by atoms with Crippen LogP contribution in [0.2, 0.25) is 0 Å². The highest BCUT2D eigenvalue weighted by atomic mass is 16.3. The zero-order chi connectivity index (χ0) is 10.9. The summed E-state index contributed by atoms with van der Waals surface area (Å²) in [6.45, 7) is 7.33. The predicted molar refractivity (Wildman–Crippen MR) is 62.8 cm³/mol. The summed E-state index contributed by atoms with van der Waals surface area (Å²) in [6.07, 6.45) is 1.84. The fraction of sp³-hybridized carbons (Fsp3) is 0.385. The standard InChI is InChI=1S/C13H17NO/c1-13(2,3)14-8-10-9-15-12-7-5-4-6-11(10)12/h4-7,9,14H,8H2,1-3H3. The van der Waals surface area contributed by atoms with E-state index in [1.54, 1.807) is 0 Å². The van der Waals surface area contributed by atoms with Gasteiger partial charge in [0.1, 0.15) is 5.58 Å². The van der Waals surface area contributed by atoms with Gasteiger partial charge in [-0.3, -0.25) is 0 Å². The summed E-state index contributed by atoms with van der Waals surface area (Å²) in [4.78, 5) is 0. The molecule has 0 aliphatic rings. The van der Waals surface area contributed by atoms with Gasteiger partial charge >= 0.3 is 0 Å². The third-order valence-electron chi connectivity index (χ3n) is 2.37. The van der Waals surface area contributed by atoms with E-state index in [9.17, 15) is 0 Å². The molecule has 0 atom stereocenters. The zero-order valence-corrected chi connectivity index (χ0v) is 9.50. The molecule has 0 saturated heterocycles. The SMILES string of the molecule is CC(C)(C)NCc1coc2ccccc12. The van der Waals surface area contributed by atoms with E-state index >= 15 is 0 Å². The molecule has 0 radical (unpaired) electrons. The second-order valence-electron chi connectivity index (χ2n) is 4.86. The van der Waals surface area contributed by atoms with Gasteiger partial charge in [-0.2, -0.15) is 0 Å². The summed E-state index contributed by atoms with van der Waals surface area (Å²) in [5, 5.41) is 4.66. The van der Waals surface area contributed by atoms with E-state index in [-0.39, 0.29) is 5.54 Å². The number of rotatable bonds is 2. The van der Waals surface area contributed by atoms with Gasteiger partial charge in [0.25, 0.3) is 0 Å². The Morgan fingerprint density at radius 3 is 2.67 bits per heavy atom. The molecule has 0 aliphatic carbocycles. The first-order valence-corrected chi connectivity index (χ1v) is 5.26. The maximum Gasteiger partial charge on any atom is 0.134 e. The lowest BCUT2D eigenvalue weighted by molar-refractivity contribution is 0.423. The number of nitrogens with one attached hydrogen (secondary N) is 1. The van der Waals surface area contributed by atoms with Crippen molar-refractivity contribution in [1.82, 2.24) is 5.32 Å². The molecule has 0 fully saturated rings. The number of hydrogen-bond donors (Lipinski definition) is 1. The number of hydrogen-bond acceptors (Lipinski definition) is 2. The van der Waals surface area contributed by atoms with Gasteiger partial charge in [-0.1, -0.05) is 18.2 Å². The van der Waals surface area contributed by atoms with Crippen molar-refractivity contribution < 1.29 is 4.42 Å². The lowest BCUT2D eigenvalue weighted by atomic mass is 10.1. The van der Waals surface area contributed by atoms with Crippen LogP contribution in [0.3, 0.4) is 0 Å². The summed E-state index contributed by atoms with van der Waals surface area (Å²) >= 11 is 0. The molecule has 1 aromatic carbocycles. The van der Waals surface area contributed by atoms with Crippen LogP contribution >= 0.6 is 0 Å². The molecule has 2 aromatic rings. The predicted octanol–water partition coefficient (Wildman–Crippen LogP) is 3.32. The number of benzene rings is 1. The smallest absolute Gasteiger partial charge is 0.134 e. The molecule has 2 rings (SSSR count). The van der Waals surface area contributed by atoms with Crippen LogP contribution < -0.4 is 5.32 Å². The monoisotopic (exact) mass is 203 g/mol. The van der Waals surface area contributed by atoms with Gasteiger partial charge in [-0.05, 0) is 26.8 Å². The molecule has 0 saturated carbocycles. The van der Waals surface area contributed by atoms with Crippen LogP contribution in [0.25, 0.3) is 11.0 Å². The molecule has 2 nitrogen and oxygen atoms in total. The van der Waals surface area contributed by atoms with E-state index in [0.717, 1.165) is 12.1 Å². The van der Waals surface area contributed by atoms with Crippen molar-refractivity contribution in [3.8, 4) is 0 Å². The Labute approximate surface area is 90.3 Å². The molecule has 0 bridgehead atoms. The lowest BCUT2D eigenvalue weighted by Crippen LogP contribution is -2.34. The van der Waals surface area contributed by atoms with Crippen LogP contribution in [0.5, 0.6) is 0 Å². The van der Waals surface area contributed by atoms with E-state index in [1.807, 2.05) is 24.5 Å². The normalized spacial score (nSPS) is 12.2. The molecule has 0 spiro atoms. The highest BCUT2D eigenvalue weighted by molar-refractivity contribution is 5.80. The van der Waals surface area contributed by atoms with Crippen molar-refractivity contribution in [3.05, 3.63) is 36.1 Å². The molecule has 15 heavy (non-hydrogen) atoms. The van der Waals surface area contributed by atoms with Crippen LogP contribution in [0, 0.1) is 0 Å². The molecular weight excluding hydrogens is 186 g/mol. The van der Waals surface area contributed by atoms with Gasteiger partial charge in [0.15, 0.2) is 0 Å². The van der Waals surface area contributed by atoms with Gasteiger partial charge in [-0.15, -0.1) is 0 Å². The first kappa shape index (κ1) is 10.2. The fourth-order valence-electron chi connectivity index (χ4n) is 1.53. The van der Waals surface area contributed by atoms with Crippen molar-refractivity contribution in [2.75, 3.05) is 0 Å². The minimum Gasteiger partial charge on any atom is -0.464 e. The van der Waals surface area contributed by atoms with E-state index in [4.69, 9.17) is 4.42 Å². The van der Waals surface area contributed by atoms with Crippen molar-refractivity contribution in [1.29, 1.82) is 0 Å². The Bertz CT molecular complexity index is 451. The van der Waals surface area contributed by atoms with Crippen LogP contribution in [-0.2, 0) is 6.54 Å². The van der Waals surface area contributed by atoms with Gasteiger partial charge < -0.3 is 9.73 Å². The van der Waals surface area contributed by atoms with Crippen molar-refractivity contribution in [2.24, 2.45) is 0 Å². The van der Waals surface area contributed by atoms with E-state index in [2.05, 4.69) is 32.2 Å². The second kappa shape index (κ2) is 3.70. The lowest BCUT2D eigenvalue weighted by Gasteiger charge is -2.19. The largest absolute Gasteiger partial charge is 0.464 e. The Kier molecular flexibility index (Phi) is 2.53. The zero-order valence-electron chi connectivity index (χ0n) is 9.50.